The van der Waals surface area contributed by atoms with E-state index in [1.165, 1.54) is 0 Å². The molecular weight excluding hydrogens is 230 g/mol. The van der Waals surface area contributed by atoms with Gasteiger partial charge in [0.15, 0.2) is 0 Å². The number of rotatable bonds is 5. The van der Waals surface area contributed by atoms with E-state index < -0.39 is 5.54 Å². The number of halogens is 1. The van der Waals surface area contributed by atoms with E-state index in [1.807, 2.05) is 13.8 Å². The van der Waals surface area contributed by atoms with Gasteiger partial charge in [0, 0.05) is 19.0 Å². The van der Waals surface area contributed by atoms with Gasteiger partial charge >= 0.3 is 0 Å². The van der Waals surface area contributed by atoms with Crippen molar-refractivity contribution in [2.45, 2.75) is 32.2 Å². The number of amides is 2. The highest BCUT2D eigenvalue weighted by atomic mass is 35.5. The molecule has 0 aromatic rings. The summed E-state index contributed by atoms with van der Waals surface area (Å²) in [6, 6.07) is 0. The second-order valence-corrected chi connectivity index (χ2v) is 4.36. The van der Waals surface area contributed by atoms with Crippen molar-refractivity contribution in [3.63, 3.8) is 0 Å². The summed E-state index contributed by atoms with van der Waals surface area (Å²) in [6.07, 6.45) is 1.52. The summed E-state index contributed by atoms with van der Waals surface area (Å²) >= 11 is 0. The number of nitrogens with one attached hydrogen (secondary N) is 2. The molecule has 0 atom stereocenters. The lowest BCUT2D eigenvalue weighted by Crippen LogP contribution is -2.45. The number of hydrogen-bond acceptors (Lipinski definition) is 3. The largest absolute Gasteiger partial charge is 0.354 e. The van der Waals surface area contributed by atoms with E-state index in [1.54, 1.807) is 0 Å². The fourth-order valence-corrected chi connectivity index (χ4v) is 1.10. The van der Waals surface area contributed by atoms with Crippen LogP contribution in [0.15, 0.2) is 0 Å². The van der Waals surface area contributed by atoms with Crippen molar-refractivity contribution in [3.05, 3.63) is 0 Å². The second kappa shape index (κ2) is 6.06. The summed E-state index contributed by atoms with van der Waals surface area (Å²) in [5.41, 5.74) is 5.06. The average Bonchev–Trinajstić information content (AvgIpc) is 2.91. The fraction of sp³-hybridized carbons (Fsp3) is 0.800. The molecule has 1 saturated carbocycles. The van der Waals surface area contributed by atoms with Gasteiger partial charge in [0.2, 0.25) is 11.8 Å². The van der Waals surface area contributed by atoms with E-state index in [4.69, 9.17) is 5.73 Å². The lowest BCUT2D eigenvalue weighted by molar-refractivity contribution is -0.125. The quantitative estimate of drug-likeness (QED) is 0.590. The van der Waals surface area contributed by atoms with E-state index in [9.17, 15) is 9.59 Å². The normalized spacial score (nSPS) is 16.2. The summed E-state index contributed by atoms with van der Waals surface area (Å²) in [6.45, 7) is 4.55. The fourth-order valence-electron chi connectivity index (χ4n) is 1.10. The van der Waals surface area contributed by atoms with Gasteiger partial charge in [0.25, 0.3) is 0 Å². The van der Waals surface area contributed by atoms with Gasteiger partial charge in [-0.2, -0.15) is 0 Å². The van der Waals surface area contributed by atoms with E-state index in [0.717, 1.165) is 12.8 Å². The summed E-state index contributed by atoms with van der Waals surface area (Å²) in [4.78, 5) is 22.5. The van der Waals surface area contributed by atoms with Gasteiger partial charge in [0.1, 0.15) is 0 Å². The second-order valence-electron chi connectivity index (χ2n) is 4.36. The van der Waals surface area contributed by atoms with Crippen LogP contribution in [0.1, 0.15) is 26.7 Å². The molecule has 0 radical (unpaired) electrons. The van der Waals surface area contributed by atoms with Gasteiger partial charge in [-0.25, -0.2) is 0 Å². The van der Waals surface area contributed by atoms with Crippen molar-refractivity contribution < 1.29 is 9.59 Å². The Labute approximate surface area is 102 Å². The molecule has 1 aliphatic carbocycles. The minimum absolute atomic E-state index is 0. The molecule has 1 fully saturated rings. The van der Waals surface area contributed by atoms with Gasteiger partial charge in [-0.1, -0.05) is 13.8 Å². The van der Waals surface area contributed by atoms with Crippen LogP contribution in [0.5, 0.6) is 0 Å². The average molecular weight is 250 g/mol. The van der Waals surface area contributed by atoms with Crippen LogP contribution in [0.2, 0.25) is 0 Å². The highest BCUT2D eigenvalue weighted by Gasteiger charge is 2.45. The number of carbonyl (C=O) groups excluding carboxylic acids is 2. The molecule has 2 amide bonds. The molecule has 0 aromatic heterocycles. The van der Waals surface area contributed by atoms with Crippen molar-refractivity contribution in [2.75, 3.05) is 13.1 Å². The van der Waals surface area contributed by atoms with Crippen LogP contribution < -0.4 is 16.4 Å². The SMILES string of the molecule is CC(C)C(=O)NCCNC(=O)C1(N)CC1.Cl. The first-order chi connectivity index (χ1) is 6.96. The Balaban J connectivity index is 0.00000225. The minimum Gasteiger partial charge on any atom is -0.354 e. The predicted octanol–water partition coefficient (Wildman–Crippen LogP) is -0.212. The summed E-state index contributed by atoms with van der Waals surface area (Å²) in [5, 5.41) is 5.42. The van der Waals surface area contributed by atoms with Crippen LogP contribution in [0.25, 0.3) is 0 Å². The zero-order chi connectivity index (χ0) is 11.5. The molecule has 4 N–H and O–H groups in total. The molecule has 1 rings (SSSR count). The highest BCUT2D eigenvalue weighted by molar-refractivity contribution is 5.89. The predicted molar refractivity (Wildman–Crippen MR) is 64.3 cm³/mol. The Kier molecular flexibility index (Phi) is 5.75. The Morgan fingerprint density at radius 1 is 1.25 bits per heavy atom. The van der Waals surface area contributed by atoms with Crippen molar-refractivity contribution in [1.29, 1.82) is 0 Å². The lowest BCUT2D eigenvalue weighted by Gasteiger charge is -2.11. The van der Waals surface area contributed by atoms with Crippen LogP contribution in [0.3, 0.4) is 0 Å². The molecule has 0 aromatic carbocycles. The molecule has 0 saturated heterocycles. The first-order valence-corrected chi connectivity index (χ1v) is 5.30. The molecule has 0 bridgehead atoms. The van der Waals surface area contributed by atoms with Crippen molar-refractivity contribution in [1.82, 2.24) is 10.6 Å². The van der Waals surface area contributed by atoms with Gasteiger partial charge in [-0.05, 0) is 12.8 Å². The third-order valence-corrected chi connectivity index (χ3v) is 2.48. The maximum Gasteiger partial charge on any atom is 0.240 e. The van der Waals surface area contributed by atoms with Crippen molar-refractivity contribution in [3.8, 4) is 0 Å². The molecule has 16 heavy (non-hydrogen) atoms. The molecule has 0 spiro atoms. The zero-order valence-corrected chi connectivity index (χ0v) is 10.5. The Morgan fingerprint density at radius 2 is 1.75 bits per heavy atom. The van der Waals surface area contributed by atoms with Gasteiger partial charge in [-0.3, -0.25) is 9.59 Å². The van der Waals surface area contributed by atoms with Crippen LogP contribution in [-0.2, 0) is 9.59 Å². The molecule has 5 nitrogen and oxygen atoms in total. The van der Waals surface area contributed by atoms with Gasteiger partial charge in [0.05, 0.1) is 5.54 Å². The third kappa shape index (κ3) is 4.37. The Bertz CT molecular complexity index is 265. The maximum atomic E-state index is 11.4. The third-order valence-electron chi connectivity index (χ3n) is 2.48. The smallest absolute Gasteiger partial charge is 0.240 e. The number of carbonyl (C=O) groups is 2. The van der Waals surface area contributed by atoms with Gasteiger partial charge < -0.3 is 16.4 Å². The molecule has 6 heteroatoms. The molecule has 1 aliphatic rings. The van der Waals surface area contributed by atoms with Crippen molar-refractivity contribution in [2.24, 2.45) is 11.7 Å². The Hall–Kier alpha value is -0.810. The topological polar surface area (TPSA) is 84.2 Å². The zero-order valence-electron chi connectivity index (χ0n) is 9.71. The van der Waals surface area contributed by atoms with Crippen LogP contribution in [-0.4, -0.2) is 30.4 Å². The summed E-state index contributed by atoms with van der Waals surface area (Å²) in [7, 11) is 0. The molecule has 94 valence electrons. The lowest BCUT2D eigenvalue weighted by atomic mass is 10.2. The van der Waals surface area contributed by atoms with Crippen LogP contribution >= 0.6 is 12.4 Å². The first-order valence-electron chi connectivity index (χ1n) is 5.30. The van der Waals surface area contributed by atoms with Crippen LogP contribution in [0.4, 0.5) is 0 Å². The maximum absolute atomic E-state index is 11.4. The Morgan fingerprint density at radius 3 is 2.19 bits per heavy atom. The van der Waals surface area contributed by atoms with E-state index in [-0.39, 0.29) is 30.1 Å². The summed E-state index contributed by atoms with van der Waals surface area (Å²) < 4.78 is 0. The van der Waals surface area contributed by atoms with Crippen LogP contribution in [0, 0.1) is 5.92 Å². The van der Waals surface area contributed by atoms with E-state index >= 15 is 0 Å². The van der Waals surface area contributed by atoms with E-state index in [2.05, 4.69) is 10.6 Å². The standard InChI is InChI=1S/C10H19N3O2.ClH/c1-7(2)8(14)12-5-6-13-9(15)10(11)3-4-10;/h7H,3-6,11H2,1-2H3,(H,12,14)(H,13,15);1H. The molecule has 0 unspecified atom stereocenters. The number of hydrogen-bond donors (Lipinski definition) is 3. The molecule has 0 heterocycles. The minimum atomic E-state index is -0.623. The number of nitrogens with two attached hydrogens (primary N) is 1. The molecular formula is C10H20ClN3O2. The monoisotopic (exact) mass is 249 g/mol. The first kappa shape index (κ1) is 15.2. The molecule has 0 aliphatic heterocycles. The van der Waals surface area contributed by atoms with E-state index in [0.29, 0.717) is 13.1 Å². The summed E-state index contributed by atoms with van der Waals surface area (Å²) in [5.74, 6) is -0.135. The van der Waals surface area contributed by atoms with Gasteiger partial charge in [-0.15, -0.1) is 12.4 Å². The highest BCUT2D eigenvalue weighted by Crippen LogP contribution is 2.31. The van der Waals surface area contributed by atoms with Crippen molar-refractivity contribution >= 4 is 24.2 Å².